The van der Waals surface area contributed by atoms with E-state index in [0.717, 1.165) is 16.0 Å². The molecule has 5 rings (SSSR count). The molecule has 0 amide bonds. The molecule has 128 valence electrons. The number of nitrogens with zero attached hydrogens (tertiary/aromatic N) is 3. The van der Waals surface area contributed by atoms with Crippen molar-refractivity contribution in [1.29, 1.82) is 0 Å². The first-order valence-corrected chi connectivity index (χ1v) is 9.57. The molecule has 2 aromatic carbocycles. The summed E-state index contributed by atoms with van der Waals surface area (Å²) in [5, 5.41) is 2.58. The highest BCUT2D eigenvalue weighted by Gasteiger charge is 2.20. The van der Waals surface area contributed by atoms with E-state index >= 15 is 0 Å². The Morgan fingerprint density at radius 3 is 2.73 bits per heavy atom. The van der Waals surface area contributed by atoms with Crippen LogP contribution in [0.3, 0.4) is 0 Å². The standard InChI is InChI=1S/C22H19N3S/c1-22(2,3)17-11-15(10-14-6-4-5-7-16(14)17)20-21-18(8-9-24-20)25-13-23-12-19(25)26-21/h4-13H,1-3H3. The van der Waals surface area contributed by atoms with Gasteiger partial charge in [-0.1, -0.05) is 45.0 Å². The van der Waals surface area contributed by atoms with Gasteiger partial charge in [-0.3, -0.25) is 9.38 Å². The number of benzene rings is 2. The van der Waals surface area contributed by atoms with Crippen LogP contribution >= 0.6 is 11.3 Å². The first kappa shape index (κ1) is 15.5. The third-order valence-corrected chi connectivity index (χ3v) is 6.02. The molecular formula is C22H19N3S. The molecule has 0 aliphatic rings. The summed E-state index contributed by atoms with van der Waals surface area (Å²) in [4.78, 5) is 10.2. The number of rotatable bonds is 1. The van der Waals surface area contributed by atoms with Gasteiger partial charge < -0.3 is 0 Å². The molecule has 0 aliphatic carbocycles. The lowest BCUT2D eigenvalue weighted by molar-refractivity contribution is 0.596. The number of fused-ring (bicyclic) bond motifs is 4. The SMILES string of the molecule is CC(C)(C)c1cc(-c2nccc3c2sc2cncn23)cc2ccccc12. The van der Waals surface area contributed by atoms with E-state index in [9.17, 15) is 0 Å². The number of imidazole rings is 1. The van der Waals surface area contributed by atoms with Crippen molar-refractivity contribution in [2.45, 2.75) is 26.2 Å². The molecule has 5 aromatic rings. The average Bonchev–Trinajstić information content (AvgIpc) is 3.21. The van der Waals surface area contributed by atoms with Gasteiger partial charge in [0.2, 0.25) is 0 Å². The molecule has 0 unspecified atom stereocenters. The molecule has 0 N–H and O–H groups in total. The van der Waals surface area contributed by atoms with Crippen LogP contribution in [-0.4, -0.2) is 14.4 Å². The van der Waals surface area contributed by atoms with Crippen molar-refractivity contribution in [3.8, 4) is 11.3 Å². The van der Waals surface area contributed by atoms with E-state index in [4.69, 9.17) is 4.98 Å². The van der Waals surface area contributed by atoms with E-state index < -0.39 is 0 Å². The Labute approximate surface area is 156 Å². The maximum Gasteiger partial charge on any atom is 0.120 e. The summed E-state index contributed by atoms with van der Waals surface area (Å²) in [6, 6.07) is 15.3. The van der Waals surface area contributed by atoms with Crippen LogP contribution in [0.15, 0.2) is 61.2 Å². The second kappa shape index (κ2) is 5.39. The maximum absolute atomic E-state index is 4.76. The number of thiazole rings is 1. The number of hydrogen-bond donors (Lipinski definition) is 0. The van der Waals surface area contributed by atoms with Crippen molar-refractivity contribution < 1.29 is 0 Å². The van der Waals surface area contributed by atoms with Gasteiger partial charge in [0.1, 0.15) is 11.2 Å². The van der Waals surface area contributed by atoms with Gasteiger partial charge in [0, 0.05) is 11.8 Å². The number of hydrogen-bond acceptors (Lipinski definition) is 3. The van der Waals surface area contributed by atoms with Crippen molar-refractivity contribution >= 4 is 37.2 Å². The minimum absolute atomic E-state index is 0.0654. The first-order chi connectivity index (χ1) is 12.5. The summed E-state index contributed by atoms with van der Waals surface area (Å²) in [5.41, 5.74) is 4.81. The summed E-state index contributed by atoms with van der Waals surface area (Å²) in [6.07, 6.45) is 5.68. The van der Waals surface area contributed by atoms with Crippen LogP contribution in [0.25, 0.3) is 37.1 Å². The number of pyridine rings is 1. The highest BCUT2D eigenvalue weighted by Crippen LogP contribution is 2.38. The predicted octanol–water partition coefficient (Wildman–Crippen LogP) is 6.06. The van der Waals surface area contributed by atoms with Crippen LogP contribution in [0.5, 0.6) is 0 Å². The zero-order valence-electron chi connectivity index (χ0n) is 15.0. The van der Waals surface area contributed by atoms with Gasteiger partial charge in [0.25, 0.3) is 0 Å². The Morgan fingerprint density at radius 2 is 1.88 bits per heavy atom. The van der Waals surface area contributed by atoms with Crippen molar-refractivity contribution in [2.24, 2.45) is 0 Å². The summed E-state index contributed by atoms with van der Waals surface area (Å²) in [5.74, 6) is 0. The predicted molar refractivity (Wildman–Crippen MR) is 110 cm³/mol. The Bertz CT molecular complexity index is 1270. The fourth-order valence-corrected chi connectivity index (χ4v) is 4.75. The third kappa shape index (κ3) is 2.26. The lowest BCUT2D eigenvalue weighted by Gasteiger charge is -2.22. The molecule has 0 spiro atoms. The molecule has 3 aromatic heterocycles. The average molecular weight is 357 g/mol. The molecule has 0 atom stereocenters. The Balaban J connectivity index is 1.86. The summed E-state index contributed by atoms with van der Waals surface area (Å²) in [7, 11) is 0. The zero-order chi connectivity index (χ0) is 17.9. The van der Waals surface area contributed by atoms with Gasteiger partial charge in [-0.05, 0) is 39.9 Å². The minimum atomic E-state index is 0.0654. The molecule has 26 heavy (non-hydrogen) atoms. The smallest absolute Gasteiger partial charge is 0.120 e. The molecule has 3 nitrogen and oxygen atoms in total. The van der Waals surface area contributed by atoms with Gasteiger partial charge in [-0.25, -0.2) is 4.98 Å². The lowest BCUT2D eigenvalue weighted by atomic mass is 9.82. The Morgan fingerprint density at radius 1 is 1.04 bits per heavy atom. The molecule has 3 heterocycles. The number of aromatic nitrogens is 3. The van der Waals surface area contributed by atoms with E-state index in [0.29, 0.717) is 0 Å². The highest BCUT2D eigenvalue weighted by molar-refractivity contribution is 7.24. The monoisotopic (exact) mass is 357 g/mol. The van der Waals surface area contributed by atoms with Gasteiger partial charge in [0.05, 0.1) is 22.1 Å². The third-order valence-electron chi connectivity index (χ3n) is 4.90. The summed E-state index contributed by atoms with van der Waals surface area (Å²) < 4.78 is 3.34. The molecule has 4 heteroatoms. The Hall–Kier alpha value is -2.72. The van der Waals surface area contributed by atoms with Gasteiger partial charge in [0.15, 0.2) is 0 Å². The van der Waals surface area contributed by atoms with Crippen LogP contribution < -0.4 is 0 Å². The summed E-state index contributed by atoms with van der Waals surface area (Å²) >= 11 is 1.75. The maximum atomic E-state index is 4.76. The van der Waals surface area contributed by atoms with Gasteiger partial charge >= 0.3 is 0 Å². The van der Waals surface area contributed by atoms with E-state index in [2.05, 4.69) is 72.6 Å². The topological polar surface area (TPSA) is 30.2 Å². The molecule has 0 bridgehead atoms. The fourth-order valence-electron chi connectivity index (χ4n) is 3.65. The first-order valence-electron chi connectivity index (χ1n) is 8.75. The van der Waals surface area contributed by atoms with Crippen molar-refractivity contribution in [3.05, 3.63) is 66.7 Å². The van der Waals surface area contributed by atoms with Crippen LogP contribution in [0.2, 0.25) is 0 Å². The van der Waals surface area contributed by atoms with E-state index in [-0.39, 0.29) is 5.41 Å². The van der Waals surface area contributed by atoms with Crippen LogP contribution in [0.4, 0.5) is 0 Å². The molecule has 0 saturated heterocycles. The summed E-state index contributed by atoms with van der Waals surface area (Å²) in [6.45, 7) is 6.81. The van der Waals surface area contributed by atoms with E-state index in [1.807, 2.05) is 18.7 Å². The second-order valence-corrected chi connectivity index (χ2v) is 8.74. The van der Waals surface area contributed by atoms with E-state index in [1.54, 1.807) is 11.3 Å². The fraction of sp³-hybridized carbons (Fsp3) is 0.182. The van der Waals surface area contributed by atoms with Crippen LogP contribution in [0.1, 0.15) is 26.3 Å². The van der Waals surface area contributed by atoms with Gasteiger partial charge in [-0.2, -0.15) is 0 Å². The van der Waals surface area contributed by atoms with Crippen LogP contribution in [-0.2, 0) is 5.41 Å². The normalized spacial score (nSPS) is 12.4. The van der Waals surface area contributed by atoms with Crippen LogP contribution in [0, 0.1) is 0 Å². The minimum Gasteiger partial charge on any atom is -0.289 e. The zero-order valence-corrected chi connectivity index (χ0v) is 15.8. The van der Waals surface area contributed by atoms with E-state index in [1.165, 1.54) is 26.6 Å². The van der Waals surface area contributed by atoms with Crippen molar-refractivity contribution in [3.63, 3.8) is 0 Å². The molecule has 0 aliphatic heterocycles. The lowest BCUT2D eigenvalue weighted by Crippen LogP contribution is -2.12. The van der Waals surface area contributed by atoms with Crippen molar-refractivity contribution in [2.75, 3.05) is 0 Å². The molecular weight excluding hydrogens is 338 g/mol. The Kier molecular flexibility index (Phi) is 3.22. The molecule has 0 saturated carbocycles. The largest absolute Gasteiger partial charge is 0.289 e. The van der Waals surface area contributed by atoms with Crippen molar-refractivity contribution in [1.82, 2.24) is 14.4 Å². The second-order valence-electron chi connectivity index (χ2n) is 7.71. The molecule has 0 fully saturated rings. The highest BCUT2D eigenvalue weighted by atomic mass is 32.1. The molecule has 0 radical (unpaired) electrons. The quantitative estimate of drug-likeness (QED) is 0.365. The van der Waals surface area contributed by atoms with Gasteiger partial charge in [-0.15, -0.1) is 11.3 Å².